The third kappa shape index (κ3) is 2.87. The number of rotatable bonds is 3. The fourth-order valence-corrected chi connectivity index (χ4v) is 1.78. The molecule has 3 heteroatoms. The lowest BCUT2D eigenvalue weighted by Gasteiger charge is -1.96. The van der Waals surface area contributed by atoms with Crippen LogP contribution in [0.1, 0.15) is 5.56 Å². The minimum absolute atomic E-state index is 0.200. The minimum Gasteiger partial charge on any atom is -0.266 e. The Morgan fingerprint density at radius 3 is 2.06 bits per heavy atom. The summed E-state index contributed by atoms with van der Waals surface area (Å²) in [6.07, 6.45) is 0. The first-order chi connectivity index (χ1) is 7.86. The molecule has 0 aliphatic rings. The van der Waals surface area contributed by atoms with Crippen molar-refractivity contribution in [3.63, 3.8) is 0 Å². The Morgan fingerprint density at radius 2 is 1.44 bits per heavy atom. The zero-order valence-electron chi connectivity index (χ0n) is 8.54. The molecule has 0 N–H and O–H groups in total. The van der Waals surface area contributed by atoms with Crippen LogP contribution < -0.4 is 0 Å². The topological polar surface area (TPSA) is 32.3 Å². The average Bonchev–Trinajstić information content (AvgIpc) is 2.38. The first-order valence-corrected chi connectivity index (χ1v) is 5.66. The molecule has 0 aromatic heterocycles. The van der Waals surface area contributed by atoms with Crippen molar-refractivity contribution in [1.29, 1.82) is 0 Å². The molecule has 0 saturated heterocycles. The normalized spacial score (nSPS) is 11.4. The summed E-state index contributed by atoms with van der Waals surface area (Å²) in [7, 11) is 0. The van der Waals surface area contributed by atoms with E-state index in [1.807, 2.05) is 48.5 Å². The Labute approximate surface area is 98.8 Å². The van der Waals surface area contributed by atoms with Gasteiger partial charge >= 0.3 is 0 Å². The highest BCUT2D eigenvalue weighted by molar-refractivity contribution is 7.98. The molecule has 0 saturated carbocycles. The SMILES string of the molecule is [O]C(=NSc1ccccc1)c1ccccc1. The van der Waals surface area contributed by atoms with Crippen molar-refractivity contribution in [3.8, 4) is 0 Å². The van der Waals surface area contributed by atoms with Crippen LogP contribution in [0.15, 0.2) is 70.0 Å². The second kappa shape index (κ2) is 5.37. The van der Waals surface area contributed by atoms with E-state index < -0.39 is 0 Å². The largest absolute Gasteiger partial charge is 0.284 e. The first-order valence-electron chi connectivity index (χ1n) is 4.89. The molecule has 0 aliphatic carbocycles. The van der Waals surface area contributed by atoms with Gasteiger partial charge in [-0.25, -0.2) is 0 Å². The monoisotopic (exact) mass is 228 g/mol. The van der Waals surface area contributed by atoms with Gasteiger partial charge in [-0.2, -0.15) is 4.40 Å². The van der Waals surface area contributed by atoms with E-state index in [1.165, 1.54) is 11.9 Å². The van der Waals surface area contributed by atoms with E-state index in [9.17, 15) is 5.11 Å². The molecule has 0 fully saturated rings. The summed E-state index contributed by atoms with van der Waals surface area (Å²) >= 11 is 1.20. The highest BCUT2D eigenvalue weighted by atomic mass is 32.2. The van der Waals surface area contributed by atoms with Gasteiger partial charge in [-0.05, 0) is 24.3 Å². The average molecular weight is 228 g/mol. The van der Waals surface area contributed by atoms with Crippen LogP contribution in [0, 0.1) is 0 Å². The summed E-state index contributed by atoms with van der Waals surface area (Å²) in [5, 5.41) is 11.6. The van der Waals surface area contributed by atoms with Gasteiger partial charge in [0.05, 0.1) is 0 Å². The molecule has 2 aromatic carbocycles. The zero-order chi connectivity index (χ0) is 11.2. The Balaban J connectivity index is 2.09. The molecule has 0 bridgehead atoms. The maximum absolute atomic E-state index is 11.6. The lowest BCUT2D eigenvalue weighted by atomic mass is 10.2. The van der Waals surface area contributed by atoms with Crippen LogP contribution in [0.3, 0.4) is 0 Å². The summed E-state index contributed by atoms with van der Waals surface area (Å²) in [5.74, 6) is -0.200. The van der Waals surface area contributed by atoms with Gasteiger partial charge in [-0.1, -0.05) is 36.4 Å². The van der Waals surface area contributed by atoms with E-state index >= 15 is 0 Å². The second-order valence-corrected chi connectivity index (χ2v) is 4.00. The number of hydrogen-bond acceptors (Lipinski definition) is 2. The molecular weight excluding hydrogens is 218 g/mol. The summed E-state index contributed by atoms with van der Waals surface area (Å²) in [5.41, 5.74) is 0.617. The highest BCUT2D eigenvalue weighted by Crippen LogP contribution is 2.19. The lowest BCUT2D eigenvalue weighted by Crippen LogP contribution is -1.94. The molecule has 0 atom stereocenters. The van der Waals surface area contributed by atoms with Gasteiger partial charge in [0.15, 0.2) is 0 Å². The van der Waals surface area contributed by atoms with Crippen molar-refractivity contribution in [2.45, 2.75) is 4.90 Å². The van der Waals surface area contributed by atoms with E-state index in [1.54, 1.807) is 12.1 Å². The fourth-order valence-electron chi connectivity index (χ4n) is 1.21. The standard InChI is InChI=1S/C13H10NOS/c15-13(11-7-3-1-4-8-11)14-16-12-9-5-2-6-10-12/h1-10H. The Bertz CT molecular complexity index is 468. The van der Waals surface area contributed by atoms with Crippen molar-refractivity contribution in [1.82, 2.24) is 0 Å². The second-order valence-electron chi connectivity index (χ2n) is 3.17. The molecule has 79 valence electrons. The van der Waals surface area contributed by atoms with E-state index in [4.69, 9.17) is 0 Å². The Kier molecular flexibility index (Phi) is 3.62. The molecule has 0 unspecified atom stereocenters. The predicted molar refractivity (Wildman–Crippen MR) is 66.0 cm³/mol. The molecule has 0 spiro atoms. The molecule has 1 radical (unpaired) electrons. The van der Waals surface area contributed by atoms with Gasteiger partial charge in [0.1, 0.15) is 0 Å². The molecule has 2 aromatic rings. The van der Waals surface area contributed by atoms with Crippen molar-refractivity contribution < 1.29 is 5.11 Å². The van der Waals surface area contributed by atoms with E-state index in [0.717, 1.165) is 4.90 Å². The van der Waals surface area contributed by atoms with Crippen LogP contribution >= 0.6 is 11.9 Å². The molecule has 2 rings (SSSR count). The Hall–Kier alpha value is -1.74. The van der Waals surface area contributed by atoms with Crippen molar-refractivity contribution in [3.05, 3.63) is 66.2 Å². The summed E-state index contributed by atoms with van der Waals surface area (Å²) in [4.78, 5) is 0.965. The van der Waals surface area contributed by atoms with Gasteiger partial charge in [0.25, 0.3) is 5.90 Å². The molecule has 0 heterocycles. The highest BCUT2D eigenvalue weighted by Gasteiger charge is 2.01. The molecule has 2 nitrogen and oxygen atoms in total. The number of benzene rings is 2. The summed E-state index contributed by atoms with van der Waals surface area (Å²) in [6, 6.07) is 18.7. The van der Waals surface area contributed by atoms with Gasteiger partial charge < -0.3 is 0 Å². The lowest BCUT2D eigenvalue weighted by molar-refractivity contribution is 0.431. The van der Waals surface area contributed by atoms with Gasteiger partial charge in [-0.15, -0.1) is 0 Å². The summed E-state index contributed by atoms with van der Waals surface area (Å²) < 4.78 is 3.94. The quantitative estimate of drug-likeness (QED) is 0.449. The zero-order valence-corrected chi connectivity index (χ0v) is 9.35. The maximum Gasteiger partial charge on any atom is 0.284 e. The molecule has 0 amide bonds. The van der Waals surface area contributed by atoms with Crippen molar-refractivity contribution in [2.75, 3.05) is 0 Å². The summed E-state index contributed by atoms with van der Waals surface area (Å²) in [6.45, 7) is 0. The van der Waals surface area contributed by atoms with Crippen LogP contribution in [0.25, 0.3) is 0 Å². The van der Waals surface area contributed by atoms with Gasteiger partial charge in [-0.3, -0.25) is 5.11 Å². The third-order valence-electron chi connectivity index (χ3n) is 2.00. The minimum atomic E-state index is -0.200. The maximum atomic E-state index is 11.6. The van der Waals surface area contributed by atoms with Crippen LogP contribution in [-0.4, -0.2) is 5.90 Å². The first kappa shape index (κ1) is 10.8. The van der Waals surface area contributed by atoms with Crippen LogP contribution in [0.2, 0.25) is 0 Å². The smallest absolute Gasteiger partial charge is 0.266 e. The molecular formula is C13H10NOS. The van der Waals surface area contributed by atoms with Gasteiger partial charge in [0, 0.05) is 22.4 Å². The fraction of sp³-hybridized carbons (Fsp3) is 0. The van der Waals surface area contributed by atoms with E-state index in [-0.39, 0.29) is 5.90 Å². The van der Waals surface area contributed by atoms with Crippen LogP contribution in [0.4, 0.5) is 0 Å². The van der Waals surface area contributed by atoms with Gasteiger partial charge in [0.2, 0.25) is 0 Å². The van der Waals surface area contributed by atoms with E-state index in [2.05, 4.69) is 4.40 Å². The number of nitrogens with zero attached hydrogens (tertiary/aromatic N) is 1. The predicted octanol–water partition coefficient (Wildman–Crippen LogP) is 3.57. The Morgan fingerprint density at radius 1 is 0.875 bits per heavy atom. The third-order valence-corrected chi connectivity index (χ3v) is 2.74. The van der Waals surface area contributed by atoms with Crippen molar-refractivity contribution >= 4 is 17.8 Å². The molecule has 0 aliphatic heterocycles. The number of hydrogen-bond donors (Lipinski definition) is 0. The van der Waals surface area contributed by atoms with Crippen LogP contribution in [0.5, 0.6) is 0 Å². The van der Waals surface area contributed by atoms with Crippen molar-refractivity contribution in [2.24, 2.45) is 4.40 Å². The molecule has 16 heavy (non-hydrogen) atoms. The van der Waals surface area contributed by atoms with Crippen LogP contribution in [-0.2, 0) is 5.11 Å². The van der Waals surface area contributed by atoms with E-state index in [0.29, 0.717) is 5.56 Å².